The van der Waals surface area contributed by atoms with Crippen LogP contribution < -0.4 is 14.8 Å². The Bertz CT molecular complexity index is 1170. The topological polar surface area (TPSA) is 84.5 Å². The van der Waals surface area contributed by atoms with Crippen molar-refractivity contribution >= 4 is 15.9 Å². The first-order chi connectivity index (χ1) is 15.3. The molecule has 0 spiro atoms. The lowest BCUT2D eigenvalue weighted by Crippen LogP contribution is -2.47. The quantitative estimate of drug-likeness (QED) is 0.517. The summed E-state index contributed by atoms with van der Waals surface area (Å²) in [6, 6.07) is 18.6. The van der Waals surface area contributed by atoms with Crippen LogP contribution in [-0.4, -0.2) is 27.5 Å². The average molecular weight is 457 g/mol. The van der Waals surface area contributed by atoms with Crippen molar-refractivity contribution in [2.24, 2.45) is 0 Å². The van der Waals surface area contributed by atoms with E-state index in [9.17, 15) is 17.6 Å². The van der Waals surface area contributed by atoms with Crippen molar-refractivity contribution in [1.82, 2.24) is 10.0 Å². The summed E-state index contributed by atoms with van der Waals surface area (Å²) in [6.07, 6.45) is 0.156. The fourth-order valence-corrected chi connectivity index (χ4v) is 4.65. The zero-order valence-electron chi connectivity index (χ0n) is 17.8. The van der Waals surface area contributed by atoms with Crippen LogP contribution in [0.2, 0.25) is 0 Å². The van der Waals surface area contributed by atoms with E-state index in [0.29, 0.717) is 5.56 Å². The molecule has 0 heterocycles. The monoisotopic (exact) mass is 456 g/mol. The van der Waals surface area contributed by atoms with Crippen LogP contribution in [0.4, 0.5) is 4.39 Å². The number of carbonyl (C=O) groups excluding carboxylic acids is 1. The number of nitrogens with one attached hydrogen (secondary N) is 2. The number of carbonyl (C=O) groups is 1. The van der Waals surface area contributed by atoms with Crippen LogP contribution in [0, 0.1) is 12.7 Å². The first-order valence-electron chi connectivity index (χ1n) is 10.0. The van der Waals surface area contributed by atoms with E-state index in [4.69, 9.17) is 4.74 Å². The molecule has 0 saturated carbocycles. The van der Waals surface area contributed by atoms with Gasteiger partial charge in [-0.1, -0.05) is 48.5 Å². The summed E-state index contributed by atoms with van der Waals surface area (Å²) in [7, 11) is -2.67. The predicted molar refractivity (Wildman–Crippen MR) is 120 cm³/mol. The summed E-state index contributed by atoms with van der Waals surface area (Å²) in [4.78, 5) is 12.9. The van der Waals surface area contributed by atoms with Gasteiger partial charge in [0.15, 0.2) is 0 Å². The maximum atomic E-state index is 13.2. The lowest BCUT2D eigenvalue weighted by Gasteiger charge is -2.20. The fraction of sp³-hybridized carbons (Fsp3) is 0.208. The number of hydrogen-bond donors (Lipinski definition) is 2. The molecule has 0 saturated heterocycles. The van der Waals surface area contributed by atoms with Crippen LogP contribution in [0.25, 0.3) is 0 Å². The summed E-state index contributed by atoms with van der Waals surface area (Å²) in [5.41, 5.74) is 2.24. The number of aryl methyl sites for hydroxylation is 1. The van der Waals surface area contributed by atoms with Crippen LogP contribution in [0.3, 0.4) is 0 Å². The molecule has 8 heteroatoms. The van der Waals surface area contributed by atoms with E-state index in [-0.39, 0.29) is 29.4 Å². The first kappa shape index (κ1) is 23.4. The maximum absolute atomic E-state index is 13.2. The summed E-state index contributed by atoms with van der Waals surface area (Å²) in [5, 5.41) is 2.73. The second kappa shape index (κ2) is 10.4. The third-order valence-electron chi connectivity index (χ3n) is 4.89. The van der Waals surface area contributed by atoms with Gasteiger partial charge in [-0.15, -0.1) is 0 Å². The summed E-state index contributed by atoms with van der Waals surface area (Å²) < 4.78 is 47.2. The van der Waals surface area contributed by atoms with E-state index in [0.717, 1.165) is 11.1 Å². The molecule has 1 atom stereocenters. The molecule has 0 bridgehead atoms. The van der Waals surface area contributed by atoms with Crippen LogP contribution in [-0.2, 0) is 27.8 Å². The maximum Gasteiger partial charge on any atom is 0.244 e. The molecule has 0 aliphatic rings. The van der Waals surface area contributed by atoms with Gasteiger partial charge in [-0.25, -0.2) is 12.8 Å². The molecule has 0 radical (unpaired) electrons. The van der Waals surface area contributed by atoms with Crippen LogP contribution in [0.1, 0.15) is 16.7 Å². The second-order valence-corrected chi connectivity index (χ2v) is 9.04. The minimum atomic E-state index is -4.06. The number of benzene rings is 3. The molecule has 0 aliphatic carbocycles. The number of amides is 1. The van der Waals surface area contributed by atoms with E-state index in [1.807, 2.05) is 30.3 Å². The first-order valence-corrected chi connectivity index (χ1v) is 11.5. The van der Waals surface area contributed by atoms with Gasteiger partial charge in [-0.2, -0.15) is 4.72 Å². The van der Waals surface area contributed by atoms with Crippen LogP contribution >= 0.6 is 0 Å². The Morgan fingerprint density at radius 2 is 1.69 bits per heavy atom. The minimum Gasteiger partial charge on any atom is -0.495 e. The average Bonchev–Trinajstić information content (AvgIpc) is 2.78. The largest absolute Gasteiger partial charge is 0.495 e. The summed E-state index contributed by atoms with van der Waals surface area (Å²) in [5.74, 6) is -0.677. The highest BCUT2D eigenvalue weighted by atomic mass is 32.2. The lowest BCUT2D eigenvalue weighted by atomic mass is 10.1. The third-order valence-corrected chi connectivity index (χ3v) is 6.38. The SMILES string of the molecule is COc1ccc(C)cc1S(=O)(=O)NC(Cc1ccccc1)C(=O)NCc1ccc(F)cc1. The number of sulfonamides is 1. The van der Waals surface area contributed by atoms with Crippen molar-refractivity contribution in [2.45, 2.75) is 30.8 Å². The zero-order chi connectivity index (χ0) is 23.1. The molecule has 2 N–H and O–H groups in total. The molecule has 3 aromatic rings. The molecule has 6 nitrogen and oxygen atoms in total. The normalized spacial score (nSPS) is 12.2. The molecule has 0 fully saturated rings. The van der Waals surface area contributed by atoms with E-state index in [1.165, 1.54) is 25.3 Å². The molecular formula is C24H25FN2O4S. The van der Waals surface area contributed by atoms with E-state index < -0.39 is 22.0 Å². The Hall–Kier alpha value is -3.23. The van der Waals surface area contributed by atoms with Gasteiger partial charge < -0.3 is 10.1 Å². The van der Waals surface area contributed by atoms with Gasteiger partial charge >= 0.3 is 0 Å². The van der Waals surface area contributed by atoms with Crippen molar-refractivity contribution in [3.63, 3.8) is 0 Å². The Labute approximate surface area is 187 Å². The lowest BCUT2D eigenvalue weighted by molar-refractivity contribution is -0.122. The summed E-state index contributed by atoms with van der Waals surface area (Å²) in [6.45, 7) is 1.91. The standard InChI is InChI=1S/C24H25FN2O4S/c1-17-8-13-22(31-2)23(14-17)32(29,30)27-21(15-18-6-4-3-5-7-18)24(28)26-16-19-9-11-20(25)12-10-19/h3-14,21,27H,15-16H2,1-2H3,(H,26,28). The molecule has 3 aromatic carbocycles. The smallest absolute Gasteiger partial charge is 0.244 e. The van der Waals surface area contributed by atoms with E-state index in [2.05, 4.69) is 10.0 Å². The third kappa shape index (κ3) is 6.15. The molecule has 3 rings (SSSR count). The van der Waals surface area contributed by atoms with Gasteiger partial charge in [0.25, 0.3) is 0 Å². The van der Waals surface area contributed by atoms with Gasteiger partial charge in [-0.3, -0.25) is 4.79 Å². The Morgan fingerprint density at radius 3 is 2.34 bits per heavy atom. The predicted octanol–water partition coefficient (Wildman–Crippen LogP) is 3.35. The number of methoxy groups -OCH3 is 1. The van der Waals surface area contributed by atoms with Gasteiger partial charge in [0, 0.05) is 6.54 Å². The van der Waals surface area contributed by atoms with Crippen LogP contribution in [0.15, 0.2) is 77.7 Å². The Kier molecular flexibility index (Phi) is 7.61. The number of halogens is 1. The molecule has 32 heavy (non-hydrogen) atoms. The number of ether oxygens (including phenoxy) is 1. The van der Waals surface area contributed by atoms with Gasteiger partial charge in [0.05, 0.1) is 7.11 Å². The second-order valence-electron chi connectivity index (χ2n) is 7.36. The highest BCUT2D eigenvalue weighted by molar-refractivity contribution is 7.89. The molecule has 0 aliphatic heterocycles. The van der Waals surface area contributed by atoms with Crippen LogP contribution in [0.5, 0.6) is 5.75 Å². The van der Waals surface area contributed by atoms with Gasteiger partial charge in [0.2, 0.25) is 15.9 Å². The molecule has 168 valence electrons. The van der Waals surface area contributed by atoms with E-state index in [1.54, 1.807) is 31.2 Å². The fourth-order valence-electron chi connectivity index (χ4n) is 3.20. The van der Waals surface area contributed by atoms with Crippen molar-refractivity contribution in [3.8, 4) is 5.75 Å². The van der Waals surface area contributed by atoms with E-state index >= 15 is 0 Å². The number of rotatable bonds is 9. The Balaban J connectivity index is 1.84. The summed E-state index contributed by atoms with van der Waals surface area (Å²) >= 11 is 0. The van der Waals surface area contributed by atoms with Crippen molar-refractivity contribution in [1.29, 1.82) is 0 Å². The molecule has 0 aromatic heterocycles. The van der Waals surface area contributed by atoms with Crippen molar-refractivity contribution < 1.29 is 22.3 Å². The van der Waals surface area contributed by atoms with Gasteiger partial charge in [0.1, 0.15) is 22.5 Å². The molecular weight excluding hydrogens is 431 g/mol. The van der Waals surface area contributed by atoms with Crippen molar-refractivity contribution in [2.75, 3.05) is 7.11 Å². The number of hydrogen-bond acceptors (Lipinski definition) is 4. The zero-order valence-corrected chi connectivity index (χ0v) is 18.7. The van der Waals surface area contributed by atoms with Crippen molar-refractivity contribution in [3.05, 3.63) is 95.3 Å². The van der Waals surface area contributed by atoms with Gasteiger partial charge in [-0.05, 0) is 54.3 Å². The molecule has 1 amide bonds. The minimum absolute atomic E-state index is 0.0376. The highest BCUT2D eigenvalue weighted by Crippen LogP contribution is 2.25. The Morgan fingerprint density at radius 1 is 1.00 bits per heavy atom. The molecule has 1 unspecified atom stereocenters. The highest BCUT2D eigenvalue weighted by Gasteiger charge is 2.28.